The van der Waals surface area contributed by atoms with Gasteiger partial charge in [-0.25, -0.2) is 0 Å². The number of carbonyl (C=O) groups is 2. The predicted octanol–water partition coefficient (Wildman–Crippen LogP) is 2.86. The first-order valence-electron chi connectivity index (χ1n) is 7.70. The van der Waals surface area contributed by atoms with Crippen molar-refractivity contribution in [2.24, 2.45) is 11.8 Å². The van der Waals surface area contributed by atoms with E-state index in [9.17, 15) is 9.59 Å². The average Bonchev–Trinajstić information content (AvgIpc) is 3.16. The maximum absolute atomic E-state index is 12.2. The van der Waals surface area contributed by atoms with Crippen molar-refractivity contribution in [3.8, 4) is 0 Å². The average molecular weight is 357 g/mol. The van der Waals surface area contributed by atoms with Crippen LogP contribution in [0.1, 0.15) is 19.3 Å². The van der Waals surface area contributed by atoms with Gasteiger partial charge in [-0.2, -0.15) is 0 Å². The number of halogens is 2. The lowest BCUT2D eigenvalue weighted by Crippen LogP contribution is -2.33. The Labute approximate surface area is 144 Å². The normalized spacial score (nSPS) is 25.9. The molecule has 2 aliphatic rings. The molecule has 1 aromatic carbocycles. The molecule has 1 heterocycles. The SMILES string of the molecule is O=C(NCC1CCCO1)C1CC1C(=O)Nc1c(Cl)cccc1Cl. The van der Waals surface area contributed by atoms with Crippen LogP contribution in [-0.4, -0.2) is 31.1 Å². The molecule has 0 spiro atoms. The minimum absolute atomic E-state index is 0.0918. The summed E-state index contributed by atoms with van der Waals surface area (Å²) in [6.45, 7) is 1.27. The van der Waals surface area contributed by atoms with Gasteiger partial charge in [-0.15, -0.1) is 0 Å². The summed E-state index contributed by atoms with van der Waals surface area (Å²) in [5.41, 5.74) is 0.395. The molecule has 124 valence electrons. The lowest BCUT2D eigenvalue weighted by molar-refractivity contribution is -0.125. The highest BCUT2D eigenvalue weighted by molar-refractivity contribution is 6.39. The summed E-state index contributed by atoms with van der Waals surface area (Å²) < 4.78 is 5.46. The summed E-state index contributed by atoms with van der Waals surface area (Å²) in [5.74, 6) is -0.923. The molecule has 3 atom stereocenters. The zero-order chi connectivity index (χ0) is 16.4. The number of nitrogens with one attached hydrogen (secondary N) is 2. The Balaban J connectivity index is 1.49. The molecule has 2 amide bonds. The summed E-state index contributed by atoms with van der Waals surface area (Å²) in [5, 5.41) is 6.34. The van der Waals surface area contributed by atoms with Crippen molar-refractivity contribution in [2.75, 3.05) is 18.5 Å². The van der Waals surface area contributed by atoms with E-state index in [0.29, 0.717) is 28.7 Å². The van der Waals surface area contributed by atoms with E-state index in [1.165, 1.54) is 0 Å². The van der Waals surface area contributed by atoms with Gasteiger partial charge >= 0.3 is 0 Å². The van der Waals surface area contributed by atoms with Gasteiger partial charge in [0, 0.05) is 13.2 Å². The topological polar surface area (TPSA) is 67.4 Å². The smallest absolute Gasteiger partial charge is 0.228 e. The Hall–Kier alpha value is -1.30. The number of hydrogen-bond acceptors (Lipinski definition) is 3. The van der Waals surface area contributed by atoms with Crippen LogP contribution in [0.15, 0.2) is 18.2 Å². The van der Waals surface area contributed by atoms with Crippen LogP contribution in [-0.2, 0) is 14.3 Å². The minimum Gasteiger partial charge on any atom is -0.376 e. The van der Waals surface area contributed by atoms with Crippen LogP contribution in [0.4, 0.5) is 5.69 Å². The fourth-order valence-electron chi connectivity index (χ4n) is 2.76. The van der Waals surface area contributed by atoms with Crippen molar-refractivity contribution in [2.45, 2.75) is 25.4 Å². The number of para-hydroxylation sites is 1. The number of amides is 2. The molecule has 3 rings (SSSR count). The van der Waals surface area contributed by atoms with Crippen molar-refractivity contribution in [3.63, 3.8) is 0 Å². The van der Waals surface area contributed by atoms with Crippen LogP contribution >= 0.6 is 23.2 Å². The van der Waals surface area contributed by atoms with Gasteiger partial charge in [-0.3, -0.25) is 9.59 Å². The van der Waals surface area contributed by atoms with Gasteiger partial charge in [0.15, 0.2) is 0 Å². The van der Waals surface area contributed by atoms with Gasteiger partial charge in [0.25, 0.3) is 0 Å². The van der Waals surface area contributed by atoms with E-state index in [1.54, 1.807) is 18.2 Å². The van der Waals surface area contributed by atoms with Crippen LogP contribution in [0.25, 0.3) is 0 Å². The molecule has 0 aromatic heterocycles. The third-order valence-corrected chi connectivity index (χ3v) is 4.83. The molecule has 5 nitrogen and oxygen atoms in total. The second-order valence-electron chi connectivity index (χ2n) is 5.91. The predicted molar refractivity (Wildman–Crippen MR) is 88.7 cm³/mol. The first kappa shape index (κ1) is 16.6. The second-order valence-corrected chi connectivity index (χ2v) is 6.73. The van der Waals surface area contributed by atoms with E-state index in [0.717, 1.165) is 19.4 Å². The van der Waals surface area contributed by atoms with Crippen LogP contribution in [0, 0.1) is 11.8 Å². The molecule has 3 unspecified atom stereocenters. The van der Waals surface area contributed by atoms with Gasteiger partial charge in [-0.05, 0) is 31.4 Å². The highest BCUT2D eigenvalue weighted by Crippen LogP contribution is 2.40. The molecule has 1 aliphatic heterocycles. The number of anilines is 1. The summed E-state index contributed by atoms with van der Waals surface area (Å²) in [6, 6.07) is 5.02. The Bertz CT molecular complexity index is 597. The first-order valence-corrected chi connectivity index (χ1v) is 8.46. The van der Waals surface area contributed by atoms with E-state index in [2.05, 4.69) is 10.6 Å². The molecule has 0 radical (unpaired) electrons. The summed E-state index contributed by atoms with van der Waals surface area (Å²) >= 11 is 12.1. The molecule has 23 heavy (non-hydrogen) atoms. The minimum atomic E-state index is -0.327. The highest BCUT2D eigenvalue weighted by Gasteiger charge is 2.48. The van der Waals surface area contributed by atoms with Crippen LogP contribution in [0.5, 0.6) is 0 Å². The van der Waals surface area contributed by atoms with Gasteiger partial charge in [-0.1, -0.05) is 29.3 Å². The Morgan fingerprint density at radius 1 is 1.17 bits per heavy atom. The van der Waals surface area contributed by atoms with Crippen LogP contribution in [0.3, 0.4) is 0 Å². The summed E-state index contributed by atoms with van der Waals surface area (Å²) in [6.07, 6.45) is 2.66. The Morgan fingerprint density at radius 2 is 1.87 bits per heavy atom. The number of rotatable bonds is 5. The van der Waals surface area contributed by atoms with Crippen LogP contribution < -0.4 is 10.6 Å². The molecule has 2 N–H and O–H groups in total. The second kappa shape index (κ2) is 7.07. The van der Waals surface area contributed by atoms with E-state index < -0.39 is 0 Å². The molecule has 1 saturated heterocycles. The lowest BCUT2D eigenvalue weighted by Gasteiger charge is -2.11. The van der Waals surface area contributed by atoms with E-state index >= 15 is 0 Å². The molecule has 0 bridgehead atoms. The Kier molecular flexibility index (Phi) is 5.09. The van der Waals surface area contributed by atoms with Crippen molar-refractivity contribution in [3.05, 3.63) is 28.2 Å². The maximum atomic E-state index is 12.2. The van der Waals surface area contributed by atoms with Crippen LogP contribution in [0.2, 0.25) is 10.0 Å². The summed E-state index contributed by atoms with van der Waals surface area (Å²) in [4.78, 5) is 24.3. The molecule has 7 heteroatoms. The molecule has 1 saturated carbocycles. The van der Waals surface area contributed by atoms with Crippen molar-refractivity contribution in [1.29, 1.82) is 0 Å². The molecular formula is C16H18Cl2N2O3. The number of ether oxygens (including phenoxy) is 1. The standard InChI is InChI=1S/C16H18Cl2N2O3/c17-12-4-1-5-13(18)14(12)20-16(22)11-7-10(11)15(21)19-8-9-3-2-6-23-9/h1,4-5,9-11H,2-3,6-8H2,(H,19,21)(H,20,22). The third kappa shape index (κ3) is 3.97. The number of benzene rings is 1. The Morgan fingerprint density at radius 3 is 2.52 bits per heavy atom. The molecule has 1 aromatic rings. The fourth-order valence-corrected chi connectivity index (χ4v) is 3.25. The quantitative estimate of drug-likeness (QED) is 0.852. The fraction of sp³-hybridized carbons (Fsp3) is 0.500. The largest absolute Gasteiger partial charge is 0.376 e. The molecule has 1 aliphatic carbocycles. The van der Waals surface area contributed by atoms with E-state index in [-0.39, 0.29) is 29.8 Å². The third-order valence-electron chi connectivity index (χ3n) is 4.20. The first-order chi connectivity index (χ1) is 11.1. The van der Waals surface area contributed by atoms with Gasteiger partial charge in [0.2, 0.25) is 11.8 Å². The van der Waals surface area contributed by atoms with Crippen molar-refractivity contribution < 1.29 is 14.3 Å². The lowest BCUT2D eigenvalue weighted by atomic mass is 10.2. The monoisotopic (exact) mass is 356 g/mol. The van der Waals surface area contributed by atoms with Gasteiger partial charge in [0.1, 0.15) is 0 Å². The van der Waals surface area contributed by atoms with Gasteiger partial charge in [0.05, 0.1) is 33.7 Å². The zero-order valence-corrected chi connectivity index (χ0v) is 14.0. The highest BCUT2D eigenvalue weighted by atomic mass is 35.5. The molecular weight excluding hydrogens is 339 g/mol. The van der Waals surface area contributed by atoms with Gasteiger partial charge < -0.3 is 15.4 Å². The number of carbonyl (C=O) groups excluding carboxylic acids is 2. The van der Waals surface area contributed by atoms with E-state index in [4.69, 9.17) is 27.9 Å². The summed E-state index contributed by atoms with van der Waals surface area (Å²) in [7, 11) is 0. The molecule has 2 fully saturated rings. The van der Waals surface area contributed by atoms with E-state index in [1.807, 2.05) is 0 Å². The number of hydrogen-bond donors (Lipinski definition) is 2. The van der Waals surface area contributed by atoms with Crippen molar-refractivity contribution >= 4 is 40.7 Å². The maximum Gasteiger partial charge on any atom is 0.228 e. The van der Waals surface area contributed by atoms with Crippen molar-refractivity contribution in [1.82, 2.24) is 5.32 Å². The zero-order valence-electron chi connectivity index (χ0n) is 12.5.